The van der Waals surface area contributed by atoms with E-state index in [0.29, 0.717) is 5.56 Å². The summed E-state index contributed by atoms with van der Waals surface area (Å²) < 4.78 is 39.7. The fraction of sp³-hybridized carbons (Fsp3) is 0.125. The maximum atomic E-state index is 12.7. The largest absolute Gasteiger partial charge is 0.416 e. The Morgan fingerprint density at radius 2 is 1.91 bits per heavy atom. The van der Waals surface area contributed by atoms with Gasteiger partial charge in [0.25, 0.3) is 0 Å². The van der Waals surface area contributed by atoms with Gasteiger partial charge in [-0.2, -0.15) is 18.3 Å². The van der Waals surface area contributed by atoms with Gasteiger partial charge < -0.3 is 0 Å². The van der Waals surface area contributed by atoms with Gasteiger partial charge in [-0.3, -0.25) is 9.67 Å². The van der Waals surface area contributed by atoms with Crippen LogP contribution >= 0.6 is 0 Å². The molecule has 0 saturated carbocycles. The summed E-state index contributed by atoms with van der Waals surface area (Å²) in [7, 11) is 0. The molecule has 0 saturated heterocycles. The van der Waals surface area contributed by atoms with Crippen molar-refractivity contribution in [3.63, 3.8) is 0 Å². The summed E-state index contributed by atoms with van der Waals surface area (Å²) in [6, 6.07) is 10.8. The zero-order chi connectivity index (χ0) is 15.6. The molecule has 0 fully saturated rings. The number of hydrogen-bond acceptors (Lipinski definition) is 2. The first kappa shape index (κ1) is 14.3. The fourth-order valence-corrected chi connectivity index (χ4v) is 2.15. The summed E-state index contributed by atoms with van der Waals surface area (Å²) in [5.41, 5.74) is 1.51. The van der Waals surface area contributed by atoms with Gasteiger partial charge in [-0.05, 0) is 35.9 Å². The van der Waals surface area contributed by atoms with E-state index in [0.717, 1.165) is 23.4 Å². The maximum absolute atomic E-state index is 12.7. The highest BCUT2D eigenvalue weighted by atomic mass is 19.4. The molecule has 3 rings (SSSR count). The second-order valence-electron chi connectivity index (χ2n) is 4.84. The number of hydrogen-bond donors (Lipinski definition) is 0. The summed E-state index contributed by atoms with van der Waals surface area (Å²) in [4.78, 5) is 4.02. The molecule has 0 spiro atoms. The third-order valence-electron chi connectivity index (χ3n) is 3.20. The molecular weight excluding hydrogens is 291 g/mol. The smallest absolute Gasteiger partial charge is 0.268 e. The van der Waals surface area contributed by atoms with Gasteiger partial charge in [0.1, 0.15) is 0 Å². The Bertz CT molecular complexity index is 764. The van der Waals surface area contributed by atoms with Gasteiger partial charge in [-0.15, -0.1) is 0 Å². The molecule has 3 aromatic rings. The van der Waals surface area contributed by atoms with Crippen LogP contribution in [0.25, 0.3) is 11.3 Å². The van der Waals surface area contributed by atoms with Gasteiger partial charge in [0.15, 0.2) is 0 Å². The first-order chi connectivity index (χ1) is 10.5. The van der Waals surface area contributed by atoms with Crippen LogP contribution in [0.1, 0.15) is 11.1 Å². The van der Waals surface area contributed by atoms with Crippen LogP contribution in [0, 0.1) is 0 Å². The lowest BCUT2D eigenvalue weighted by Gasteiger charge is -2.08. The van der Waals surface area contributed by atoms with Crippen molar-refractivity contribution in [3.8, 4) is 11.3 Å². The van der Waals surface area contributed by atoms with E-state index in [1.54, 1.807) is 35.4 Å². The van der Waals surface area contributed by atoms with Crippen molar-refractivity contribution in [2.45, 2.75) is 12.7 Å². The zero-order valence-electron chi connectivity index (χ0n) is 11.5. The minimum Gasteiger partial charge on any atom is -0.268 e. The standard InChI is InChI=1S/C16H12F3N3/c17-16(18,19)14-5-1-3-12(9-14)11-22-8-6-15(21-22)13-4-2-7-20-10-13/h1-10H,11H2. The molecule has 2 heterocycles. The Morgan fingerprint density at radius 3 is 2.64 bits per heavy atom. The van der Waals surface area contributed by atoms with Gasteiger partial charge in [-0.25, -0.2) is 0 Å². The van der Waals surface area contributed by atoms with Crippen LogP contribution in [0.15, 0.2) is 61.1 Å². The number of benzene rings is 1. The van der Waals surface area contributed by atoms with E-state index in [-0.39, 0.29) is 6.54 Å². The molecule has 2 aromatic heterocycles. The third kappa shape index (κ3) is 3.16. The molecule has 6 heteroatoms. The van der Waals surface area contributed by atoms with E-state index in [2.05, 4.69) is 10.1 Å². The number of rotatable bonds is 3. The van der Waals surface area contributed by atoms with Crippen LogP contribution in [0.2, 0.25) is 0 Å². The van der Waals surface area contributed by atoms with Gasteiger partial charge in [-0.1, -0.05) is 12.1 Å². The van der Waals surface area contributed by atoms with E-state index in [4.69, 9.17) is 0 Å². The quantitative estimate of drug-likeness (QED) is 0.732. The Morgan fingerprint density at radius 1 is 1.05 bits per heavy atom. The highest BCUT2D eigenvalue weighted by molar-refractivity contribution is 5.56. The Balaban J connectivity index is 1.81. The molecular formula is C16H12F3N3. The van der Waals surface area contributed by atoms with E-state index in [1.807, 2.05) is 12.1 Å². The molecule has 0 bridgehead atoms. The van der Waals surface area contributed by atoms with E-state index < -0.39 is 11.7 Å². The predicted octanol–water partition coefficient (Wildman–Crippen LogP) is 4.01. The van der Waals surface area contributed by atoms with Gasteiger partial charge in [0, 0.05) is 24.2 Å². The van der Waals surface area contributed by atoms with Crippen LogP contribution in [0.4, 0.5) is 13.2 Å². The van der Waals surface area contributed by atoms with Crippen LogP contribution in [0.3, 0.4) is 0 Å². The van der Waals surface area contributed by atoms with E-state index in [1.165, 1.54) is 6.07 Å². The second kappa shape index (κ2) is 5.63. The number of aromatic nitrogens is 3. The van der Waals surface area contributed by atoms with Gasteiger partial charge >= 0.3 is 6.18 Å². The average molecular weight is 303 g/mol. The SMILES string of the molecule is FC(F)(F)c1cccc(Cn2ccc(-c3cccnc3)n2)c1. The van der Waals surface area contributed by atoms with Crippen molar-refractivity contribution in [2.75, 3.05) is 0 Å². The summed E-state index contributed by atoms with van der Waals surface area (Å²) in [5.74, 6) is 0. The van der Waals surface area contributed by atoms with Gasteiger partial charge in [0.05, 0.1) is 17.8 Å². The molecule has 112 valence electrons. The minimum absolute atomic E-state index is 0.282. The lowest BCUT2D eigenvalue weighted by atomic mass is 10.1. The molecule has 0 aliphatic heterocycles. The predicted molar refractivity (Wildman–Crippen MR) is 76.0 cm³/mol. The molecule has 1 aromatic carbocycles. The summed E-state index contributed by atoms with van der Waals surface area (Å²) in [6.45, 7) is 0.282. The molecule has 0 amide bonds. The molecule has 0 aliphatic carbocycles. The fourth-order valence-electron chi connectivity index (χ4n) is 2.15. The van der Waals surface area contributed by atoms with Crippen molar-refractivity contribution >= 4 is 0 Å². The van der Waals surface area contributed by atoms with Gasteiger partial charge in [0.2, 0.25) is 0 Å². The monoisotopic (exact) mass is 303 g/mol. The summed E-state index contributed by atoms with van der Waals surface area (Å²) >= 11 is 0. The average Bonchev–Trinajstić information content (AvgIpc) is 2.96. The van der Waals surface area contributed by atoms with Crippen molar-refractivity contribution in [3.05, 3.63) is 72.2 Å². The molecule has 3 nitrogen and oxygen atoms in total. The number of pyridine rings is 1. The molecule has 22 heavy (non-hydrogen) atoms. The van der Waals surface area contributed by atoms with E-state index in [9.17, 15) is 13.2 Å². The van der Waals surface area contributed by atoms with Crippen LogP contribution in [0.5, 0.6) is 0 Å². The topological polar surface area (TPSA) is 30.7 Å². The first-order valence-electron chi connectivity index (χ1n) is 6.62. The molecule has 0 aliphatic rings. The number of alkyl halides is 3. The summed E-state index contributed by atoms with van der Waals surface area (Å²) in [5, 5.41) is 4.36. The highest BCUT2D eigenvalue weighted by Gasteiger charge is 2.30. The van der Waals surface area contributed by atoms with Crippen molar-refractivity contribution in [2.24, 2.45) is 0 Å². The van der Waals surface area contributed by atoms with Crippen LogP contribution < -0.4 is 0 Å². The second-order valence-corrected chi connectivity index (χ2v) is 4.84. The maximum Gasteiger partial charge on any atom is 0.416 e. The molecule has 0 atom stereocenters. The minimum atomic E-state index is -4.33. The first-order valence-corrected chi connectivity index (χ1v) is 6.62. The zero-order valence-corrected chi connectivity index (χ0v) is 11.5. The third-order valence-corrected chi connectivity index (χ3v) is 3.20. The van der Waals surface area contributed by atoms with Crippen molar-refractivity contribution in [1.82, 2.24) is 14.8 Å². The molecule has 0 unspecified atom stereocenters. The highest BCUT2D eigenvalue weighted by Crippen LogP contribution is 2.29. The number of nitrogens with zero attached hydrogens (tertiary/aromatic N) is 3. The normalized spacial score (nSPS) is 11.6. The summed E-state index contributed by atoms with van der Waals surface area (Å²) in [6.07, 6.45) is 0.768. The molecule has 0 radical (unpaired) electrons. The molecule has 0 N–H and O–H groups in total. The number of halogens is 3. The van der Waals surface area contributed by atoms with Crippen LogP contribution in [-0.2, 0) is 12.7 Å². The van der Waals surface area contributed by atoms with Crippen molar-refractivity contribution in [1.29, 1.82) is 0 Å². The Labute approximate surface area is 125 Å². The lowest BCUT2D eigenvalue weighted by molar-refractivity contribution is -0.137. The van der Waals surface area contributed by atoms with Crippen molar-refractivity contribution < 1.29 is 13.2 Å². The Kier molecular flexibility index (Phi) is 3.66. The Hall–Kier alpha value is -2.63. The lowest BCUT2D eigenvalue weighted by Crippen LogP contribution is -2.07. The van der Waals surface area contributed by atoms with E-state index >= 15 is 0 Å². The van der Waals surface area contributed by atoms with Crippen LogP contribution in [-0.4, -0.2) is 14.8 Å².